The van der Waals surface area contributed by atoms with Gasteiger partial charge in [-0.2, -0.15) is 13.5 Å². The van der Waals surface area contributed by atoms with Crippen molar-refractivity contribution in [3.05, 3.63) is 214 Å². The highest BCUT2D eigenvalue weighted by Crippen LogP contribution is 2.48. The molecule has 0 radical (unpaired) electrons. The smallest absolute Gasteiger partial charge is 0.261 e. The number of carbonyl (C=O) groups is 6. The Morgan fingerprint density at radius 1 is 0.525 bits per heavy atom. The fourth-order valence-corrected chi connectivity index (χ4v) is 18.2. The molecule has 0 saturated heterocycles. The number of amides is 6. The summed E-state index contributed by atoms with van der Waals surface area (Å²) in [6, 6.07) is 17.0. The van der Waals surface area contributed by atoms with Gasteiger partial charge >= 0.3 is 0 Å². The molecule has 24 nitrogen and oxygen atoms in total. The van der Waals surface area contributed by atoms with E-state index < -0.39 is 39.2 Å². The maximum Gasteiger partial charge on any atom is 0.261 e. The van der Waals surface area contributed by atoms with E-state index in [-0.39, 0.29) is 68.3 Å². The number of benzene rings is 4. The average molecular weight is 1640 g/mol. The fourth-order valence-electron chi connectivity index (χ4n) is 17.3. The van der Waals surface area contributed by atoms with Crippen molar-refractivity contribution in [2.24, 2.45) is 20.8 Å². The summed E-state index contributed by atoms with van der Waals surface area (Å²) in [7, 11) is -0.634. The van der Waals surface area contributed by atoms with Crippen molar-refractivity contribution in [2.75, 3.05) is 92.6 Å². The number of aliphatic imine (C=N–C) groups is 2. The predicted octanol–water partition coefficient (Wildman–Crippen LogP) is 13.5. The Morgan fingerprint density at radius 2 is 0.941 bits per heavy atom. The Morgan fingerprint density at radius 3 is 1.36 bits per heavy atom. The van der Waals surface area contributed by atoms with Crippen LogP contribution in [0.4, 0.5) is 11.4 Å². The van der Waals surface area contributed by atoms with Crippen LogP contribution in [-0.2, 0) is 39.9 Å². The second-order valence-corrected chi connectivity index (χ2v) is 35.6. The van der Waals surface area contributed by atoms with Gasteiger partial charge in [0.05, 0.1) is 39.2 Å². The molecule has 624 valence electrons. The van der Waals surface area contributed by atoms with Crippen molar-refractivity contribution < 1.29 is 65.5 Å². The second kappa shape index (κ2) is 37.6. The van der Waals surface area contributed by atoms with Crippen LogP contribution in [-0.4, -0.2) is 203 Å². The molecule has 0 bridgehead atoms. The van der Waals surface area contributed by atoms with Crippen molar-refractivity contribution in [1.29, 1.82) is 0 Å². The first-order chi connectivity index (χ1) is 56.4. The predicted molar refractivity (Wildman–Crippen MR) is 460 cm³/mol. The topological polar surface area (TPSA) is 275 Å². The quantitative estimate of drug-likeness (QED) is 0.00612. The standard InChI is InChI=1S/C92H112N12O12S2/c1-13-101-73-47-41-63(117-116-115-111)61-71(73)91(7,8)77(101)37-21-15-19-35-75-89(3,4)69-33-27-57-99(83(69)95-75)55-25-17-23-39-79(105)93-49-29-51-97(11)53-31-59-103-85(107)65-43-45-67-82-68(46-44-66(81(65)82)86(103)108)88(110)104(87(67)109)60-32-54-98(12)52-30-50-94-80(106)40-24-18-26-56-100-58-28-34-70-84(100)96-76(90(70,5)6)36-20-16-22-38-78-92(9,10)72-62-64(118(112,113)114)42-48-74(72)102(78)14-2/h15-16,19-22,27-28,33-38,41-48,57-58,61-62H,13-14,17-18,23-26,29-32,39-40,49-56,59-60H2,1-12H3,(H2-2,93,94,105,106,111,112,113,114). The summed E-state index contributed by atoms with van der Waals surface area (Å²) in [4.78, 5) is 104. The third-order valence-electron chi connectivity index (χ3n) is 24.0. The van der Waals surface area contributed by atoms with Gasteiger partial charge in [-0.25, -0.2) is 18.4 Å². The van der Waals surface area contributed by atoms with Gasteiger partial charge in [-0.3, -0.25) is 43.6 Å². The third-order valence-corrected chi connectivity index (χ3v) is 25.4. The summed E-state index contributed by atoms with van der Waals surface area (Å²) in [6.07, 6.45) is 41.4. The summed E-state index contributed by atoms with van der Waals surface area (Å²) in [6.45, 7) is 28.5. The summed E-state index contributed by atoms with van der Waals surface area (Å²) >= 11 is 0.896. The minimum atomic E-state index is -4.59. The van der Waals surface area contributed by atoms with Crippen LogP contribution in [0.3, 0.4) is 0 Å². The van der Waals surface area contributed by atoms with Crippen molar-refractivity contribution >= 4 is 103 Å². The summed E-state index contributed by atoms with van der Waals surface area (Å²) in [5.74, 6) is 0.0923. The summed E-state index contributed by atoms with van der Waals surface area (Å²) in [5.41, 5.74) is 10.1. The molecule has 0 saturated carbocycles. The first-order valence-corrected chi connectivity index (χ1v) is 43.6. The van der Waals surface area contributed by atoms with E-state index in [0.717, 1.165) is 145 Å². The number of rotatable bonds is 40. The van der Waals surface area contributed by atoms with Gasteiger partial charge in [0.15, 0.2) is 11.4 Å². The van der Waals surface area contributed by atoms with E-state index in [2.05, 4.69) is 158 Å². The van der Waals surface area contributed by atoms with E-state index in [1.54, 1.807) is 30.3 Å². The van der Waals surface area contributed by atoms with Crippen molar-refractivity contribution in [3.63, 3.8) is 0 Å². The highest BCUT2D eigenvalue weighted by Gasteiger charge is 2.47. The van der Waals surface area contributed by atoms with Gasteiger partial charge < -0.3 is 40.0 Å². The molecular weight excluding hydrogens is 1530 g/mol. The number of unbranched alkanes of at least 4 members (excludes halogenated alkanes) is 4. The van der Waals surface area contributed by atoms with E-state index in [9.17, 15) is 47.0 Å². The van der Waals surface area contributed by atoms with E-state index in [4.69, 9.17) is 9.98 Å². The first-order valence-electron chi connectivity index (χ1n) is 41.4. The Hall–Kier alpha value is -9.90. The Bertz CT molecular complexity index is 5090. The fraction of sp³-hybridized carbons (Fsp3) is 0.435. The van der Waals surface area contributed by atoms with Gasteiger partial charge in [0.2, 0.25) is 23.2 Å². The molecule has 8 aliphatic rings. The lowest BCUT2D eigenvalue weighted by Gasteiger charge is -2.32. The largest absolute Gasteiger partial charge is 0.744 e. The molecular formula is C92H112N12O12S2. The highest BCUT2D eigenvalue weighted by atomic mass is 32.2. The Labute approximate surface area is 698 Å². The van der Waals surface area contributed by atoms with E-state index in [0.29, 0.717) is 82.3 Å². The molecule has 0 atom stereocenters. The minimum Gasteiger partial charge on any atom is -0.744 e. The van der Waals surface area contributed by atoms with Gasteiger partial charge in [0.25, 0.3) is 23.6 Å². The van der Waals surface area contributed by atoms with Crippen LogP contribution in [0.1, 0.15) is 199 Å². The summed E-state index contributed by atoms with van der Waals surface area (Å²) in [5, 5.41) is 20.9. The lowest BCUT2D eigenvalue weighted by Crippen LogP contribution is -2.44. The number of amidine groups is 2. The zero-order chi connectivity index (χ0) is 84.4. The lowest BCUT2D eigenvalue weighted by molar-refractivity contribution is -0.777. The lowest BCUT2D eigenvalue weighted by atomic mass is 9.81. The van der Waals surface area contributed by atoms with Gasteiger partial charge in [-0.1, -0.05) is 89.1 Å². The van der Waals surface area contributed by atoms with Crippen LogP contribution in [0, 0.1) is 10.8 Å². The number of nitrogens with one attached hydrogen (secondary N) is 2. The number of nitrogens with zero attached hydrogens (tertiary/aromatic N) is 10. The maximum atomic E-state index is 14.1. The van der Waals surface area contributed by atoms with Crippen LogP contribution >= 0.6 is 12.0 Å². The number of fused-ring (bicyclic) bond motifs is 4. The van der Waals surface area contributed by atoms with Crippen LogP contribution in [0.25, 0.3) is 10.8 Å². The highest BCUT2D eigenvalue weighted by molar-refractivity contribution is 7.94. The van der Waals surface area contributed by atoms with Gasteiger partial charge in [0, 0.05) is 160 Å². The maximum absolute atomic E-state index is 14.1. The molecule has 4 aromatic carbocycles. The normalized spacial score (nSPS) is 18.8. The monoisotopic (exact) mass is 1640 g/mol. The molecule has 26 heteroatoms. The molecule has 0 aliphatic carbocycles. The van der Waals surface area contributed by atoms with Crippen LogP contribution in [0.15, 0.2) is 200 Å². The molecule has 4 aromatic rings. The van der Waals surface area contributed by atoms with Crippen molar-refractivity contribution in [3.8, 4) is 0 Å². The second-order valence-electron chi connectivity index (χ2n) is 33.4. The average Bonchev–Trinajstić information content (AvgIpc) is 1.12. The number of imide groups is 2. The molecule has 0 spiro atoms. The number of carbonyl (C=O) groups excluding carboxylic acids is 6. The van der Waals surface area contributed by atoms with Gasteiger partial charge in [-0.15, -0.1) is 0 Å². The van der Waals surface area contributed by atoms with Crippen molar-refractivity contribution in [2.45, 2.75) is 167 Å². The zero-order valence-corrected chi connectivity index (χ0v) is 71.8. The molecule has 12 rings (SSSR count). The number of allylic oxidation sites excluding steroid dienone is 16. The molecule has 8 heterocycles. The first kappa shape index (κ1) is 87.4. The SMILES string of the molecule is CC[N+]1=C(C=CC=CC=C2N=C3C(=CC=CN3CCCCCC(=O)NCCCN(C)CCCN3C(=O)c4ccc5c6c(ccc(c46)C3=O)C(=O)N(CCCN(C)CCCNC(=O)CCCCCN3C=CC=C4C3=NC(=CC=CC=CC3=[N+](CC)c6ccc(S(=O)(=O)[O-])cc6C3(C)C)C4(C)C)C5=O)C2(C)C)C(C)(C)c2cc(SOO[O-])ccc21. The molecule has 0 aromatic heterocycles. The summed E-state index contributed by atoms with van der Waals surface area (Å²) < 4.78 is 44.6. The number of hydrogen-bond acceptors (Lipinski definition) is 19. The van der Waals surface area contributed by atoms with Crippen molar-refractivity contribution in [1.82, 2.24) is 40.0 Å². The van der Waals surface area contributed by atoms with Gasteiger partial charge in [0.1, 0.15) is 34.9 Å². The Kier molecular flexibility index (Phi) is 27.8. The molecule has 6 amide bonds. The number of hydrogen-bond donors (Lipinski definition) is 2. The molecule has 0 unspecified atom stereocenters. The molecule has 2 N–H and O–H groups in total. The van der Waals surface area contributed by atoms with E-state index in [1.165, 1.54) is 33.2 Å². The van der Waals surface area contributed by atoms with E-state index >= 15 is 0 Å². The van der Waals surface area contributed by atoms with Crippen LogP contribution in [0.5, 0.6) is 0 Å². The minimum absolute atomic E-state index is 0.0127. The molecule has 0 fully saturated rings. The van der Waals surface area contributed by atoms with Crippen LogP contribution in [0.2, 0.25) is 0 Å². The van der Waals surface area contributed by atoms with E-state index in [1.807, 2.05) is 89.5 Å². The zero-order valence-electron chi connectivity index (χ0n) is 70.2. The van der Waals surface area contributed by atoms with Crippen LogP contribution < -0.4 is 15.9 Å². The molecule has 118 heavy (non-hydrogen) atoms. The Balaban J connectivity index is 0.504. The van der Waals surface area contributed by atoms with Gasteiger partial charge in [-0.05, 0) is 206 Å². The third kappa shape index (κ3) is 18.7. The molecule has 8 aliphatic heterocycles.